The first kappa shape index (κ1) is 14.2. The molecule has 0 amide bonds. The monoisotopic (exact) mass is 324 g/mol. The Hall–Kier alpha value is -1.22. The molecule has 1 unspecified atom stereocenters. The van der Waals surface area contributed by atoms with E-state index in [0.29, 0.717) is 6.42 Å². The molecule has 0 radical (unpaired) electrons. The number of rotatable bonds is 3. The lowest BCUT2D eigenvalue weighted by Crippen LogP contribution is -2.01. The summed E-state index contributed by atoms with van der Waals surface area (Å²) in [6.07, 6.45) is 0.293. The molecule has 0 N–H and O–H groups in total. The quantitative estimate of drug-likeness (QED) is 0.675. The zero-order valence-corrected chi connectivity index (χ0v) is 12.5. The third-order valence-electron chi connectivity index (χ3n) is 3.34. The van der Waals surface area contributed by atoms with E-state index < -0.39 is 11.6 Å². The van der Waals surface area contributed by atoms with Crippen LogP contribution < -0.4 is 0 Å². The van der Waals surface area contributed by atoms with Crippen molar-refractivity contribution in [1.82, 2.24) is 0 Å². The van der Waals surface area contributed by atoms with Gasteiger partial charge in [-0.2, -0.15) is 0 Å². The van der Waals surface area contributed by atoms with Crippen LogP contribution in [0.2, 0.25) is 0 Å². The van der Waals surface area contributed by atoms with Crippen LogP contribution in [0.5, 0.6) is 0 Å². The van der Waals surface area contributed by atoms with Gasteiger partial charge in [0.05, 0.1) is 0 Å². The second kappa shape index (κ2) is 5.83. The van der Waals surface area contributed by atoms with Crippen LogP contribution in [0, 0.1) is 25.5 Å². The van der Waals surface area contributed by atoms with E-state index in [1.54, 1.807) is 0 Å². The Morgan fingerprint density at radius 2 is 1.63 bits per heavy atom. The van der Waals surface area contributed by atoms with Gasteiger partial charge in [-0.1, -0.05) is 40.2 Å². The van der Waals surface area contributed by atoms with Crippen molar-refractivity contribution in [3.63, 3.8) is 0 Å². The van der Waals surface area contributed by atoms with Crippen molar-refractivity contribution in [2.45, 2.75) is 25.1 Å². The van der Waals surface area contributed by atoms with Gasteiger partial charge in [0.15, 0.2) is 0 Å². The second-order valence-electron chi connectivity index (χ2n) is 4.72. The molecule has 0 bridgehead atoms. The van der Waals surface area contributed by atoms with Gasteiger partial charge in [0, 0.05) is 10.4 Å². The smallest absolute Gasteiger partial charge is 0.129 e. The van der Waals surface area contributed by atoms with E-state index in [0.717, 1.165) is 5.56 Å². The second-order valence-corrected chi connectivity index (χ2v) is 5.82. The topological polar surface area (TPSA) is 0 Å². The van der Waals surface area contributed by atoms with E-state index in [-0.39, 0.29) is 10.4 Å². The fourth-order valence-electron chi connectivity index (χ4n) is 1.98. The maximum atomic E-state index is 13.6. The van der Waals surface area contributed by atoms with Crippen molar-refractivity contribution in [3.8, 4) is 0 Å². The molecule has 1 atom stereocenters. The largest absolute Gasteiger partial charge is 0.207 e. The molecule has 2 aromatic rings. The minimum atomic E-state index is -0.492. The van der Waals surface area contributed by atoms with Crippen LogP contribution in [-0.4, -0.2) is 0 Å². The van der Waals surface area contributed by atoms with Gasteiger partial charge >= 0.3 is 0 Å². The molecule has 0 fully saturated rings. The van der Waals surface area contributed by atoms with Gasteiger partial charge in [0.25, 0.3) is 0 Å². The van der Waals surface area contributed by atoms with Gasteiger partial charge in [0.1, 0.15) is 11.6 Å². The van der Waals surface area contributed by atoms with Gasteiger partial charge in [-0.3, -0.25) is 0 Å². The minimum absolute atomic E-state index is 0.0989. The molecule has 2 aromatic carbocycles. The summed E-state index contributed by atoms with van der Waals surface area (Å²) in [6.45, 7) is 4.07. The van der Waals surface area contributed by atoms with Crippen LogP contribution in [0.4, 0.5) is 8.78 Å². The molecule has 0 saturated heterocycles. The summed E-state index contributed by atoms with van der Waals surface area (Å²) >= 11 is 3.52. The van der Waals surface area contributed by atoms with E-state index in [1.165, 1.54) is 29.3 Å². The van der Waals surface area contributed by atoms with Crippen LogP contribution in [-0.2, 0) is 6.42 Å². The van der Waals surface area contributed by atoms with Gasteiger partial charge in [0.2, 0.25) is 0 Å². The maximum Gasteiger partial charge on any atom is 0.129 e. The molecule has 3 heteroatoms. The Balaban J connectivity index is 2.25. The first-order valence-corrected chi connectivity index (χ1v) is 7.04. The summed E-state index contributed by atoms with van der Waals surface area (Å²) in [6, 6.07) is 10.0. The van der Waals surface area contributed by atoms with E-state index in [4.69, 9.17) is 0 Å². The van der Waals surface area contributed by atoms with E-state index >= 15 is 0 Å². The molecule has 0 aliphatic rings. The van der Waals surface area contributed by atoms with Gasteiger partial charge in [-0.15, -0.1) is 0 Å². The Morgan fingerprint density at radius 3 is 2.21 bits per heavy atom. The van der Waals surface area contributed by atoms with Crippen LogP contribution in [0.1, 0.15) is 27.1 Å². The lowest BCUT2D eigenvalue weighted by atomic mass is 10.00. The lowest BCUT2D eigenvalue weighted by molar-refractivity contribution is 0.554. The molecule has 0 aliphatic carbocycles. The molecule has 0 aliphatic heterocycles. The van der Waals surface area contributed by atoms with Gasteiger partial charge in [-0.25, -0.2) is 8.78 Å². The molecule has 0 saturated carbocycles. The molecule has 19 heavy (non-hydrogen) atoms. The van der Waals surface area contributed by atoms with E-state index in [1.807, 2.05) is 32.0 Å². The minimum Gasteiger partial charge on any atom is -0.207 e. The molecule has 0 nitrogen and oxygen atoms in total. The number of hydrogen-bond donors (Lipinski definition) is 0. The zero-order valence-electron chi connectivity index (χ0n) is 10.9. The number of hydrogen-bond acceptors (Lipinski definition) is 0. The molecule has 0 aromatic heterocycles. The van der Waals surface area contributed by atoms with Crippen LogP contribution in [0.15, 0.2) is 36.4 Å². The Labute approximate surface area is 120 Å². The molecule has 0 spiro atoms. The first-order chi connectivity index (χ1) is 8.99. The number of benzene rings is 2. The highest BCUT2D eigenvalue weighted by Crippen LogP contribution is 2.30. The van der Waals surface area contributed by atoms with Crippen molar-refractivity contribution in [2.75, 3.05) is 0 Å². The average molecular weight is 325 g/mol. The Bertz CT molecular complexity index is 573. The third kappa shape index (κ3) is 3.21. The number of aryl methyl sites for hydroxylation is 2. The van der Waals surface area contributed by atoms with Crippen molar-refractivity contribution >= 4 is 15.9 Å². The van der Waals surface area contributed by atoms with Crippen LogP contribution in [0.25, 0.3) is 0 Å². The van der Waals surface area contributed by atoms with Gasteiger partial charge < -0.3 is 0 Å². The van der Waals surface area contributed by atoms with Crippen molar-refractivity contribution in [2.24, 2.45) is 0 Å². The average Bonchev–Trinajstić information content (AvgIpc) is 2.37. The van der Waals surface area contributed by atoms with Crippen LogP contribution in [0.3, 0.4) is 0 Å². The maximum absolute atomic E-state index is 13.6. The summed E-state index contributed by atoms with van der Waals surface area (Å²) in [5.74, 6) is -0.985. The van der Waals surface area contributed by atoms with Crippen molar-refractivity contribution in [3.05, 3.63) is 70.3 Å². The predicted octanol–water partition coefficient (Wildman–Crippen LogP) is 5.26. The summed E-state index contributed by atoms with van der Waals surface area (Å²) in [4.78, 5) is -0.0989. The van der Waals surface area contributed by atoms with Gasteiger partial charge in [-0.05, 0) is 49.1 Å². The molecule has 100 valence electrons. The summed E-state index contributed by atoms with van der Waals surface area (Å²) in [5.41, 5.74) is 3.55. The fourth-order valence-corrected chi connectivity index (χ4v) is 2.59. The third-order valence-corrected chi connectivity index (χ3v) is 4.19. The fraction of sp³-hybridized carbons (Fsp3) is 0.250. The number of alkyl halides is 1. The van der Waals surface area contributed by atoms with Crippen LogP contribution >= 0.6 is 15.9 Å². The molecule has 2 rings (SSSR count). The normalized spacial score (nSPS) is 12.5. The molecule has 0 heterocycles. The SMILES string of the molecule is Cc1ccc(C(Br)Cc2c(F)cccc2F)cc1C. The predicted molar refractivity (Wildman–Crippen MR) is 77.6 cm³/mol. The zero-order chi connectivity index (χ0) is 14.0. The summed E-state index contributed by atoms with van der Waals surface area (Å²) in [5, 5.41) is 0. The van der Waals surface area contributed by atoms with Crippen molar-refractivity contribution in [1.29, 1.82) is 0 Å². The molecular formula is C16H15BrF2. The van der Waals surface area contributed by atoms with E-state index in [9.17, 15) is 8.78 Å². The summed E-state index contributed by atoms with van der Waals surface area (Å²) in [7, 11) is 0. The molecular weight excluding hydrogens is 310 g/mol. The summed E-state index contributed by atoms with van der Waals surface area (Å²) < 4.78 is 27.2. The number of halogens is 3. The Morgan fingerprint density at radius 1 is 1.00 bits per heavy atom. The lowest BCUT2D eigenvalue weighted by Gasteiger charge is -2.13. The first-order valence-electron chi connectivity index (χ1n) is 6.13. The highest BCUT2D eigenvalue weighted by atomic mass is 79.9. The highest BCUT2D eigenvalue weighted by molar-refractivity contribution is 9.09. The Kier molecular flexibility index (Phi) is 4.35. The standard InChI is InChI=1S/C16H15BrF2/c1-10-6-7-12(8-11(10)2)14(17)9-13-15(18)4-3-5-16(13)19/h3-8,14H,9H2,1-2H3. The van der Waals surface area contributed by atoms with E-state index in [2.05, 4.69) is 15.9 Å². The van der Waals surface area contributed by atoms with Crippen molar-refractivity contribution < 1.29 is 8.78 Å². The highest BCUT2D eigenvalue weighted by Gasteiger charge is 2.15.